The SMILES string of the molecule is CCCCC(CC)COC(=O)c1ccc(Nc2nc(Nc3ccc(C(=O)O)cc3)nc(Nc3ccc(C(=O)O)cc3)n2)cc1.CCCCC(CC)COC(=O)c1ccc(Nc2nc(Nc3ccc(C(=O)O)cc3)nc(Nc3ccc(C(=O)O)cc3)n2)cc1.CCCCC(CC)COC(=O)c1ccc(Nc2nc(Nc3ccc(C(=O)O)cc3)nc(Nc3ccc(C(=O)O)cc3)n2)cc1. The van der Waals surface area contributed by atoms with Crippen LogP contribution in [0.25, 0.3) is 0 Å². The number of carboxylic acid groups (broad SMARTS) is 6. The average molecular weight is 1800 g/mol. The highest BCUT2D eigenvalue weighted by molar-refractivity contribution is 5.94. The fourth-order valence-electron chi connectivity index (χ4n) is 12.6. The molecule has 0 aliphatic carbocycles. The maximum atomic E-state index is 12.6. The van der Waals surface area contributed by atoms with E-state index in [0.717, 1.165) is 77.0 Å². The summed E-state index contributed by atoms with van der Waals surface area (Å²) in [6.07, 6.45) is 12.6. The molecular formula is C96H102N18O18. The van der Waals surface area contributed by atoms with Crippen molar-refractivity contribution in [1.29, 1.82) is 0 Å². The number of carboxylic acids is 6. The number of rotatable bonds is 45. The molecule has 0 bridgehead atoms. The standard InChI is InChI=1S/3C32H34N6O6/c3*1-3-5-6-20(4-2)19-44-29(43)23-11-17-26(18-12-23)35-32-37-30(33-24-13-7-21(8-14-24)27(39)40)36-31(38-32)34-25-15-9-22(10-16-25)28(41)42/h3*7-18,20H,3-6,19H2,1-2H3,(H,39,40)(H,41,42)(H3,33,34,35,36,37,38). The van der Waals surface area contributed by atoms with Gasteiger partial charge >= 0.3 is 53.7 Å². The van der Waals surface area contributed by atoms with E-state index in [9.17, 15) is 73.8 Å². The number of nitrogens with zero attached hydrogens (tertiary/aromatic N) is 9. The Balaban J connectivity index is 0.000000205. The number of ether oxygens (including phenoxy) is 3. The van der Waals surface area contributed by atoms with Crippen molar-refractivity contribution in [3.63, 3.8) is 0 Å². The number of carbonyl (C=O) groups excluding carboxylic acids is 3. The lowest BCUT2D eigenvalue weighted by atomic mass is 10.0. The van der Waals surface area contributed by atoms with Crippen LogP contribution < -0.4 is 47.9 Å². The summed E-state index contributed by atoms with van der Waals surface area (Å²) in [6.45, 7) is 13.9. The lowest BCUT2D eigenvalue weighted by Crippen LogP contribution is -2.14. The Bertz CT molecular complexity index is 5070. The number of carbonyl (C=O) groups is 9. The molecule has 0 radical (unpaired) electrons. The van der Waals surface area contributed by atoms with Gasteiger partial charge in [-0.05, 0) is 255 Å². The third-order valence-electron chi connectivity index (χ3n) is 20.3. The van der Waals surface area contributed by atoms with E-state index in [1.807, 2.05) is 0 Å². The minimum Gasteiger partial charge on any atom is -0.478 e. The van der Waals surface area contributed by atoms with Crippen LogP contribution in [0.15, 0.2) is 218 Å². The first kappa shape index (κ1) is 97.6. The minimum atomic E-state index is -1.04. The van der Waals surface area contributed by atoms with Crippen molar-refractivity contribution in [3.05, 3.63) is 268 Å². The molecule has 3 aromatic heterocycles. The number of hydrogen-bond donors (Lipinski definition) is 15. The molecule has 132 heavy (non-hydrogen) atoms. The number of nitrogens with one attached hydrogen (secondary N) is 9. The van der Waals surface area contributed by atoms with Gasteiger partial charge in [0.25, 0.3) is 0 Å². The molecule has 12 aromatic rings. The van der Waals surface area contributed by atoms with E-state index in [0.29, 0.717) is 105 Å². The fourth-order valence-corrected chi connectivity index (χ4v) is 12.6. The number of esters is 3. The van der Waals surface area contributed by atoms with Crippen molar-refractivity contribution in [3.8, 4) is 0 Å². The summed E-state index contributed by atoms with van der Waals surface area (Å²) in [4.78, 5) is 145. The van der Waals surface area contributed by atoms with Crippen LogP contribution in [0.1, 0.15) is 212 Å². The summed E-state index contributed by atoms with van der Waals surface area (Å²) in [5.74, 6) is -4.90. The smallest absolute Gasteiger partial charge is 0.338 e. The van der Waals surface area contributed by atoms with Crippen LogP contribution in [-0.2, 0) is 14.2 Å². The molecule has 12 rings (SSSR count). The van der Waals surface area contributed by atoms with Gasteiger partial charge in [0, 0.05) is 51.2 Å². The van der Waals surface area contributed by atoms with Crippen molar-refractivity contribution < 1.29 is 88.0 Å². The molecule has 36 heteroatoms. The van der Waals surface area contributed by atoms with Crippen LogP contribution in [0, 0.1) is 17.8 Å². The van der Waals surface area contributed by atoms with Crippen LogP contribution in [0.5, 0.6) is 0 Å². The van der Waals surface area contributed by atoms with Crippen LogP contribution in [0.3, 0.4) is 0 Å². The summed E-state index contributed by atoms with van der Waals surface area (Å²) < 4.78 is 16.6. The highest BCUT2D eigenvalue weighted by Crippen LogP contribution is 2.29. The Morgan fingerprint density at radius 1 is 0.220 bits per heavy atom. The maximum Gasteiger partial charge on any atom is 0.338 e. The first-order valence-electron chi connectivity index (χ1n) is 42.7. The lowest BCUT2D eigenvalue weighted by molar-refractivity contribution is 0.0419. The van der Waals surface area contributed by atoms with Gasteiger partial charge in [-0.1, -0.05) is 99.3 Å². The average Bonchev–Trinajstić information content (AvgIpc) is 0.833. The number of aromatic carboxylic acids is 6. The van der Waals surface area contributed by atoms with Gasteiger partial charge in [0.1, 0.15) is 0 Å². The largest absolute Gasteiger partial charge is 0.478 e. The summed E-state index contributed by atoms with van der Waals surface area (Å²) in [7, 11) is 0. The van der Waals surface area contributed by atoms with Crippen LogP contribution in [0.2, 0.25) is 0 Å². The van der Waals surface area contributed by atoms with Crippen molar-refractivity contribution in [2.45, 2.75) is 119 Å². The van der Waals surface area contributed by atoms with Gasteiger partial charge in [0.05, 0.1) is 69.9 Å². The van der Waals surface area contributed by atoms with Crippen molar-refractivity contribution in [2.75, 3.05) is 67.7 Å². The number of anilines is 18. The molecule has 0 saturated heterocycles. The molecule has 0 fully saturated rings. The molecule has 15 N–H and O–H groups in total. The van der Waals surface area contributed by atoms with Gasteiger partial charge in [-0.15, -0.1) is 0 Å². The molecule has 3 heterocycles. The predicted molar refractivity (Wildman–Crippen MR) is 500 cm³/mol. The normalized spacial score (nSPS) is 11.3. The molecule has 0 spiro atoms. The minimum absolute atomic E-state index is 0.134. The molecule has 0 aliphatic rings. The highest BCUT2D eigenvalue weighted by atomic mass is 16.5. The van der Waals surface area contributed by atoms with Crippen molar-refractivity contribution in [2.24, 2.45) is 17.8 Å². The maximum absolute atomic E-state index is 12.6. The third kappa shape index (κ3) is 31.2. The van der Waals surface area contributed by atoms with Gasteiger partial charge in [-0.2, -0.15) is 44.9 Å². The van der Waals surface area contributed by atoms with Gasteiger partial charge in [0.2, 0.25) is 53.5 Å². The molecule has 684 valence electrons. The second-order valence-corrected chi connectivity index (χ2v) is 30.1. The summed E-state index contributed by atoms with van der Waals surface area (Å²) in [5, 5.41) is 82.6. The van der Waals surface area contributed by atoms with Crippen molar-refractivity contribution in [1.82, 2.24) is 44.9 Å². The van der Waals surface area contributed by atoms with Crippen LogP contribution >= 0.6 is 0 Å². The zero-order valence-electron chi connectivity index (χ0n) is 73.2. The lowest BCUT2D eigenvalue weighted by Gasteiger charge is -2.15. The van der Waals surface area contributed by atoms with Gasteiger partial charge in [-0.25, -0.2) is 43.2 Å². The highest BCUT2D eigenvalue weighted by Gasteiger charge is 2.21. The zero-order valence-corrected chi connectivity index (χ0v) is 73.2. The molecule has 9 aromatic carbocycles. The quantitative estimate of drug-likeness (QED) is 0.0124. The summed E-state index contributed by atoms with van der Waals surface area (Å²) in [6, 6.07) is 56.7. The van der Waals surface area contributed by atoms with E-state index in [1.54, 1.807) is 146 Å². The topological polar surface area (TPSA) is 527 Å². The number of hydrogen-bond acceptors (Lipinski definition) is 30. The van der Waals surface area contributed by atoms with Crippen LogP contribution in [0.4, 0.5) is 105 Å². The first-order valence-corrected chi connectivity index (χ1v) is 42.7. The van der Waals surface area contributed by atoms with E-state index >= 15 is 0 Å². The van der Waals surface area contributed by atoms with Crippen molar-refractivity contribution >= 4 is 158 Å². The van der Waals surface area contributed by atoms with E-state index in [4.69, 9.17) is 14.2 Å². The Labute approximate surface area is 760 Å². The second kappa shape index (κ2) is 49.5. The number of unbranched alkanes of at least 4 members (excludes halogenated alkanes) is 3. The molecular weight excluding hydrogens is 1690 g/mol. The Hall–Kier alpha value is -16.6. The first-order chi connectivity index (χ1) is 63.7. The Kier molecular flexibility index (Phi) is 36.6. The van der Waals surface area contributed by atoms with E-state index in [2.05, 4.69) is 134 Å². The van der Waals surface area contributed by atoms with Crippen LogP contribution in [-0.4, -0.2) is 149 Å². The molecule has 0 aliphatic heterocycles. The summed E-state index contributed by atoms with van der Waals surface area (Å²) >= 11 is 0. The van der Waals surface area contributed by atoms with Gasteiger partial charge < -0.3 is 92.7 Å². The number of aromatic nitrogens is 9. The molecule has 0 saturated carbocycles. The third-order valence-corrected chi connectivity index (χ3v) is 20.3. The molecule has 3 atom stereocenters. The predicted octanol–water partition coefficient (Wildman–Crippen LogP) is 20.6. The van der Waals surface area contributed by atoms with Gasteiger partial charge in [-0.3, -0.25) is 0 Å². The second-order valence-electron chi connectivity index (χ2n) is 30.1. The van der Waals surface area contributed by atoms with Gasteiger partial charge in [0.15, 0.2) is 0 Å². The fraction of sp³-hybridized carbons (Fsp3) is 0.250. The van der Waals surface area contributed by atoms with E-state index in [-0.39, 0.29) is 105 Å². The zero-order chi connectivity index (χ0) is 94.4. The summed E-state index contributed by atoms with van der Waals surface area (Å²) in [5.41, 5.74) is 7.19. The monoisotopic (exact) mass is 1790 g/mol. The van der Waals surface area contributed by atoms with E-state index in [1.165, 1.54) is 72.8 Å². The molecule has 3 unspecified atom stereocenters. The Morgan fingerprint density at radius 2 is 0.348 bits per heavy atom. The molecule has 0 amide bonds. The van der Waals surface area contributed by atoms with E-state index < -0.39 is 35.8 Å². The Morgan fingerprint density at radius 3 is 0.462 bits per heavy atom. The molecule has 36 nitrogen and oxygen atoms in total. The number of benzene rings is 9.